The van der Waals surface area contributed by atoms with Crippen LogP contribution in [-0.2, 0) is 11.3 Å². The van der Waals surface area contributed by atoms with Gasteiger partial charge >= 0.3 is 0 Å². The highest BCUT2D eigenvalue weighted by molar-refractivity contribution is 5.95. The van der Waals surface area contributed by atoms with E-state index in [0.717, 1.165) is 44.7 Å². The van der Waals surface area contributed by atoms with Gasteiger partial charge in [-0.05, 0) is 38.6 Å². The highest BCUT2D eigenvalue weighted by atomic mass is 16.5. The molecule has 1 aliphatic rings. The molecule has 1 unspecified atom stereocenters. The van der Waals surface area contributed by atoms with E-state index in [-0.39, 0.29) is 5.91 Å². The van der Waals surface area contributed by atoms with Crippen molar-refractivity contribution in [1.29, 1.82) is 0 Å². The number of amides is 1. The zero-order chi connectivity index (χ0) is 14.4. The number of nitrogens with one attached hydrogen (secondary N) is 1. The largest absolute Gasteiger partial charge is 0.381 e. The molecule has 0 radical (unpaired) electrons. The highest BCUT2D eigenvalue weighted by Gasteiger charge is 2.17. The number of rotatable bonds is 6. The minimum Gasteiger partial charge on any atom is -0.381 e. The van der Waals surface area contributed by atoms with Gasteiger partial charge in [-0.3, -0.25) is 9.48 Å². The van der Waals surface area contributed by atoms with Gasteiger partial charge in [0.2, 0.25) is 0 Å². The van der Waals surface area contributed by atoms with Crippen molar-refractivity contribution in [2.75, 3.05) is 26.3 Å². The first-order valence-corrected chi connectivity index (χ1v) is 7.30. The zero-order valence-electron chi connectivity index (χ0n) is 12.1. The summed E-state index contributed by atoms with van der Waals surface area (Å²) in [5.74, 6) is 0.382. The molecule has 1 fully saturated rings. The monoisotopic (exact) mass is 280 g/mol. The molecule has 0 aliphatic carbocycles. The Morgan fingerprint density at radius 3 is 3.20 bits per heavy atom. The molecule has 3 N–H and O–H groups in total. The van der Waals surface area contributed by atoms with Crippen molar-refractivity contribution in [3.63, 3.8) is 0 Å². The van der Waals surface area contributed by atoms with Gasteiger partial charge in [0.25, 0.3) is 5.91 Å². The van der Waals surface area contributed by atoms with Gasteiger partial charge in [0, 0.05) is 25.4 Å². The molecule has 6 nitrogen and oxygen atoms in total. The smallest absolute Gasteiger partial charge is 0.254 e. The molecule has 0 bridgehead atoms. The van der Waals surface area contributed by atoms with Crippen molar-refractivity contribution >= 4 is 5.91 Å². The molecule has 2 rings (SSSR count). The molecule has 20 heavy (non-hydrogen) atoms. The van der Waals surface area contributed by atoms with E-state index in [1.165, 1.54) is 0 Å². The van der Waals surface area contributed by atoms with Gasteiger partial charge in [-0.15, -0.1) is 0 Å². The van der Waals surface area contributed by atoms with Crippen LogP contribution in [0.15, 0.2) is 6.20 Å². The molecule has 0 aromatic carbocycles. The Balaban J connectivity index is 1.86. The summed E-state index contributed by atoms with van der Waals surface area (Å²) < 4.78 is 7.25. The summed E-state index contributed by atoms with van der Waals surface area (Å²) in [5, 5.41) is 7.23. The third-order valence-corrected chi connectivity index (χ3v) is 3.73. The molecule has 1 saturated heterocycles. The van der Waals surface area contributed by atoms with E-state index in [9.17, 15) is 4.79 Å². The topological polar surface area (TPSA) is 82.2 Å². The van der Waals surface area contributed by atoms with E-state index in [2.05, 4.69) is 10.4 Å². The summed E-state index contributed by atoms with van der Waals surface area (Å²) in [4.78, 5) is 12.2. The minimum absolute atomic E-state index is 0.0490. The fraction of sp³-hybridized carbons (Fsp3) is 0.714. The normalized spacial score (nSPS) is 19.0. The van der Waals surface area contributed by atoms with Crippen LogP contribution < -0.4 is 11.1 Å². The molecule has 0 saturated carbocycles. The summed E-state index contributed by atoms with van der Waals surface area (Å²) in [6, 6.07) is 0. The van der Waals surface area contributed by atoms with Crippen LogP contribution in [0.3, 0.4) is 0 Å². The summed E-state index contributed by atoms with van der Waals surface area (Å²) in [6.07, 6.45) is 4.70. The van der Waals surface area contributed by atoms with Crippen molar-refractivity contribution in [2.45, 2.75) is 32.7 Å². The Morgan fingerprint density at radius 1 is 1.65 bits per heavy atom. The fourth-order valence-electron chi connectivity index (χ4n) is 2.44. The van der Waals surface area contributed by atoms with Crippen LogP contribution in [0.5, 0.6) is 0 Å². The lowest BCUT2D eigenvalue weighted by atomic mass is 10.0. The number of nitrogens with two attached hydrogens (primary N) is 1. The Bertz CT molecular complexity index is 438. The van der Waals surface area contributed by atoms with Gasteiger partial charge in [0.05, 0.1) is 18.4 Å². The molecular formula is C14H24N4O2. The van der Waals surface area contributed by atoms with Crippen LogP contribution in [-0.4, -0.2) is 42.0 Å². The maximum absolute atomic E-state index is 12.2. The number of nitrogens with zero attached hydrogens (tertiary/aromatic N) is 2. The van der Waals surface area contributed by atoms with Crippen LogP contribution in [0.1, 0.15) is 35.3 Å². The fourth-order valence-corrected chi connectivity index (χ4v) is 2.44. The molecule has 0 spiro atoms. The quantitative estimate of drug-likeness (QED) is 0.803. The molecular weight excluding hydrogens is 256 g/mol. The molecule has 112 valence electrons. The van der Waals surface area contributed by atoms with Gasteiger partial charge in [0.15, 0.2) is 0 Å². The lowest BCUT2D eigenvalue weighted by Gasteiger charge is -2.22. The van der Waals surface area contributed by atoms with Gasteiger partial charge in [0.1, 0.15) is 0 Å². The number of carbonyl (C=O) groups is 1. The Kier molecular flexibility index (Phi) is 5.55. The number of hydrogen-bond donors (Lipinski definition) is 2. The predicted octanol–water partition coefficient (Wildman–Crippen LogP) is 0.697. The number of hydrogen-bond acceptors (Lipinski definition) is 4. The molecule has 6 heteroatoms. The van der Waals surface area contributed by atoms with Crippen LogP contribution in [0.25, 0.3) is 0 Å². The Morgan fingerprint density at radius 2 is 2.50 bits per heavy atom. The number of carbonyl (C=O) groups excluding carboxylic acids is 1. The molecule has 1 atom stereocenters. The second kappa shape index (κ2) is 7.40. The van der Waals surface area contributed by atoms with Crippen LogP contribution >= 0.6 is 0 Å². The second-order valence-electron chi connectivity index (χ2n) is 5.30. The van der Waals surface area contributed by atoms with E-state index < -0.39 is 0 Å². The van der Waals surface area contributed by atoms with E-state index in [1.807, 2.05) is 11.6 Å². The average molecular weight is 280 g/mol. The third kappa shape index (κ3) is 3.80. The average Bonchev–Trinajstić information content (AvgIpc) is 2.85. The van der Waals surface area contributed by atoms with E-state index in [0.29, 0.717) is 24.6 Å². The standard InChI is InChI=1S/C14H24N4O2/c1-11-13(9-17-18(11)6-3-5-15)14(19)16-8-12-4-2-7-20-10-12/h9,12H,2-8,10,15H2,1H3,(H,16,19). The van der Waals surface area contributed by atoms with Gasteiger partial charge in [-0.2, -0.15) is 5.10 Å². The van der Waals surface area contributed by atoms with Gasteiger partial charge in [-0.25, -0.2) is 0 Å². The van der Waals surface area contributed by atoms with Crippen LogP contribution in [0, 0.1) is 12.8 Å². The first-order valence-electron chi connectivity index (χ1n) is 7.30. The second-order valence-corrected chi connectivity index (χ2v) is 5.30. The summed E-state index contributed by atoms with van der Waals surface area (Å²) in [6.45, 7) is 5.56. The van der Waals surface area contributed by atoms with Crippen molar-refractivity contribution in [2.24, 2.45) is 11.7 Å². The lowest BCUT2D eigenvalue weighted by molar-refractivity contribution is 0.0536. The van der Waals surface area contributed by atoms with E-state index in [1.54, 1.807) is 6.20 Å². The molecule has 1 amide bonds. The third-order valence-electron chi connectivity index (χ3n) is 3.73. The first-order chi connectivity index (χ1) is 9.72. The van der Waals surface area contributed by atoms with Crippen molar-refractivity contribution in [1.82, 2.24) is 15.1 Å². The Hall–Kier alpha value is -1.40. The van der Waals surface area contributed by atoms with Crippen LogP contribution in [0.4, 0.5) is 0 Å². The Labute approximate surface area is 119 Å². The van der Waals surface area contributed by atoms with Crippen molar-refractivity contribution in [3.8, 4) is 0 Å². The minimum atomic E-state index is -0.0490. The van der Waals surface area contributed by atoms with E-state index >= 15 is 0 Å². The first kappa shape index (κ1) is 15.0. The molecule has 1 aromatic heterocycles. The summed E-state index contributed by atoms with van der Waals surface area (Å²) >= 11 is 0. The van der Waals surface area contributed by atoms with E-state index in [4.69, 9.17) is 10.5 Å². The maximum atomic E-state index is 12.2. The molecule has 1 aliphatic heterocycles. The number of ether oxygens (including phenoxy) is 1. The number of aryl methyl sites for hydroxylation is 1. The van der Waals surface area contributed by atoms with Gasteiger partial charge < -0.3 is 15.8 Å². The summed E-state index contributed by atoms with van der Waals surface area (Å²) in [7, 11) is 0. The van der Waals surface area contributed by atoms with Crippen LogP contribution in [0.2, 0.25) is 0 Å². The van der Waals surface area contributed by atoms with Crippen molar-refractivity contribution < 1.29 is 9.53 Å². The zero-order valence-corrected chi connectivity index (χ0v) is 12.1. The SMILES string of the molecule is Cc1c(C(=O)NCC2CCCOC2)cnn1CCCN. The predicted molar refractivity (Wildman–Crippen MR) is 76.5 cm³/mol. The lowest BCUT2D eigenvalue weighted by Crippen LogP contribution is -2.33. The summed E-state index contributed by atoms with van der Waals surface area (Å²) in [5.41, 5.74) is 7.04. The molecule has 1 aromatic rings. The molecule has 2 heterocycles. The maximum Gasteiger partial charge on any atom is 0.254 e. The highest BCUT2D eigenvalue weighted by Crippen LogP contribution is 2.13. The van der Waals surface area contributed by atoms with Crippen molar-refractivity contribution in [3.05, 3.63) is 17.5 Å². The number of aromatic nitrogens is 2. The van der Waals surface area contributed by atoms with Gasteiger partial charge in [-0.1, -0.05) is 0 Å².